The fraction of sp³-hybridized carbons (Fsp3) is 0.227. The Morgan fingerprint density at radius 3 is 2.50 bits per heavy atom. The Bertz CT molecular complexity index is 1010. The molecule has 0 saturated carbocycles. The third-order valence-electron chi connectivity index (χ3n) is 5.85. The normalized spacial score (nSPS) is 27.0. The molecule has 2 aliphatic rings. The van der Waals surface area contributed by atoms with Gasteiger partial charge in [-0.3, -0.25) is 9.63 Å². The molecule has 4 nitrogen and oxygen atoms in total. The molecule has 26 heavy (non-hydrogen) atoms. The van der Waals surface area contributed by atoms with E-state index in [0.29, 0.717) is 0 Å². The van der Waals surface area contributed by atoms with Crippen LogP contribution in [-0.4, -0.2) is 23.6 Å². The molecule has 3 atom stereocenters. The number of aliphatic hydroxyl groups is 1. The smallest absolute Gasteiger partial charge is 0.196 e. The molecule has 3 aromatic rings. The number of carbonyl (C=O) groups excluding carboxylic acids is 1. The molecule has 130 valence electrons. The van der Waals surface area contributed by atoms with Crippen LogP contribution in [0.4, 0.5) is 5.69 Å². The average Bonchev–Trinajstić information content (AvgIpc) is 3.13. The molecule has 1 saturated heterocycles. The van der Waals surface area contributed by atoms with Crippen molar-refractivity contribution < 1.29 is 14.7 Å². The lowest BCUT2D eigenvalue weighted by Gasteiger charge is -2.36. The topological polar surface area (TPSA) is 49.8 Å². The van der Waals surface area contributed by atoms with Gasteiger partial charge < -0.3 is 5.11 Å². The predicted molar refractivity (Wildman–Crippen MR) is 100 cm³/mol. The van der Waals surface area contributed by atoms with Gasteiger partial charge in [-0.15, -0.1) is 0 Å². The second-order valence-electron chi connectivity index (χ2n) is 7.05. The van der Waals surface area contributed by atoms with Crippen molar-refractivity contribution in [3.63, 3.8) is 0 Å². The molecule has 3 aromatic carbocycles. The van der Waals surface area contributed by atoms with Gasteiger partial charge in [-0.1, -0.05) is 61.5 Å². The standard InChI is InChI=1S/C22H19NO3/c1-14-19(13-24)26-23(16-9-3-2-4-10-16)22(14)18-12-6-8-15-7-5-11-17(20(15)18)21(22)25/h2-12,14,19,24H,13H2,1H3/t14-,19?,22+/m0/s1. The summed E-state index contributed by atoms with van der Waals surface area (Å²) in [5.41, 5.74) is 1.54. The maximum Gasteiger partial charge on any atom is 0.196 e. The second-order valence-corrected chi connectivity index (χ2v) is 7.05. The number of rotatable bonds is 2. The van der Waals surface area contributed by atoms with E-state index in [1.807, 2.05) is 73.7 Å². The van der Waals surface area contributed by atoms with Crippen molar-refractivity contribution in [3.8, 4) is 0 Å². The van der Waals surface area contributed by atoms with Crippen molar-refractivity contribution >= 4 is 22.2 Å². The van der Waals surface area contributed by atoms with E-state index in [1.165, 1.54) is 0 Å². The summed E-state index contributed by atoms with van der Waals surface area (Å²) in [5.74, 6) is -0.158. The van der Waals surface area contributed by atoms with Crippen LogP contribution in [0.15, 0.2) is 66.7 Å². The predicted octanol–water partition coefficient (Wildman–Crippen LogP) is 3.68. The monoisotopic (exact) mass is 345 g/mol. The summed E-state index contributed by atoms with van der Waals surface area (Å²) in [6.45, 7) is 1.86. The van der Waals surface area contributed by atoms with Crippen LogP contribution in [0.25, 0.3) is 10.8 Å². The quantitative estimate of drug-likeness (QED) is 0.770. The third kappa shape index (κ3) is 1.73. The molecule has 1 heterocycles. The van der Waals surface area contributed by atoms with Gasteiger partial charge in [-0.25, -0.2) is 5.06 Å². The van der Waals surface area contributed by atoms with Crippen LogP contribution in [0, 0.1) is 5.92 Å². The van der Waals surface area contributed by atoms with Gasteiger partial charge in [0.15, 0.2) is 11.3 Å². The minimum atomic E-state index is -0.960. The second kappa shape index (κ2) is 5.40. The molecular weight excluding hydrogens is 326 g/mol. The van der Waals surface area contributed by atoms with E-state index in [1.54, 1.807) is 5.06 Å². The lowest BCUT2D eigenvalue weighted by molar-refractivity contribution is 0.0266. The van der Waals surface area contributed by atoms with Gasteiger partial charge >= 0.3 is 0 Å². The van der Waals surface area contributed by atoms with Crippen molar-refractivity contribution in [3.05, 3.63) is 77.9 Å². The molecule has 1 spiro atoms. The number of fused-ring (bicyclic) bond motifs is 1. The van der Waals surface area contributed by atoms with E-state index in [-0.39, 0.29) is 18.3 Å². The van der Waals surface area contributed by atoms with E-state index in [2.05, 4.69) is 0 Å². The van der Waals surface area contributed by atoms with Gasteiger partial charge in [0.25, 0.3) is 0 Å². The molecule has 1 aliphatic heterocycles. The van der Waals surface area contributed by atoms with E-state index in [4.69, 9.17) is 4.84 Å². The van der Waals surface area contributed by atoms with Crippen molar-refractivity contribution in [2.75, 3.05) is 11.7 Å². The molecule has 0 amide bonds. The molecule has 1 N–H and O–H groups in total. The van der Waals surface area contributed by atoms with Gasteiger partial charge in [0, 0.05) is 11.5 Å². The molecule has 0 bridgehead atoms. The fourth-order valence-corrected chi connectivity index (χ4v) is 4.61. The Morgan fingerprint density at radius 1 is 1.04 bits per heavy atom. The highest BCUT2D eigenvalue weighted by atomic mass is 16.7. The number of para-hydroxylation sites is 1. The minimum Gasteiger partial charge on any atom is -0.394 e. The van der Waals surface area contributed by atoms with Crippen LogP contribution in [0.2, 0.25) is 0 Å². The summed E-state index contributed by atoms with van der Waals surface area (Å²) in [4.78, 5) is 19.9. The maximum absolute atomic E-state index is 13.8. The molecular formula is C22H19NO3. The van der Waals surface area contributed by atoms with Gasteiger partial charge in [0.1, 0.15) is 6.10 Å². The number of hydrogen-bond donors (Lipinski definition) is 1. The van der Waals surface area contributed by atoms with Gasteiger partial charge in [-0.05, 0) is 28.5 Å². The SMILES string of the molecule is C[C@H]1C(CO)ON(c2ccccc2)[C@]12C(=O)c1cccc3cccc2c13. The van der Waals surface area contributed by atoms with Crippen LogP contribution in [0.1, 0.15) is 22.8 Å². The summed E-state index contributed by atoms with van der Waals surface area (Å²) in [7, 11) is 0. The maximum atomic E-state index is 13.8. The van der Waals surface area contributed by atoms with Crippen LogP contribution < -0.4 is 5.06 Å². The summed E-state index contributed by atoms with van der Waals surface area (Å²) >= 11 is 0. The Hall–Kier alpha value is -2.69. The van der Waals surface area contributed by atoms with Gasteiger partial charge in [0.05, 0.1) is 12.3 Å². The summed E-state index contributed by atoms with van der Waals surface area (Å²) in [5, 5.41) is 13.7. The zero-order valence-electron chi connectivity index (χ0n) is 14.4. The number of hydroxylamine groups is 1. The van der Waals surface area contributed by atoms with E-state index >= 15 is 0 Å². The Labute approximate surface area is 151 Å². The molecule has 1 fully saturated rings. The Morgan fingerprint density at radius 2 is 1.77 bits per heavy atom. The van der Waals surface area contributed by atoms with Crippen molar-refractivity contribution in [1.29, 1.82) is 0 Å². The van der Waals surface area contributed by atoms with Crippen molar-refractivity contribution in [1.82, 2.24) is 0 Å². The largest absolute Gasteiger partial charge is 0.394 e. The third-order valence-corrected chi connectivity index (χ3v) is 5.85. The van der Waals surface area contributed by atoms with Gasteiger partial charge in [0.2, 0.25) is 0 Å². The lowest BCUT2D eigenvalue weighted by Crippen LogP contribution is -2.49. The zero-order valence-corrected chi connectivity index (χ0v) is 14.4. The number of ketones is 1. The lowest BCUT2D eigenvalue weighted by atomic mass is 9.76. The van der Waals surface area contributed by atoms with Crippen LogP contribution >= 0.6 is 0 Å². The number of anilines is 1. The highest BCUT2D eigenvalue weighted by Gasteiger charge is 2.62. The Kier molecular flexibility index (Phi) is 3.23. The number of nitrogens with zero attached hydrogens (tertiary/aromatic N) is 1. The number of hydrogen-bond acceptors (Lipinski definition) is 4. The first kappa shape index (κ1) is 15.6. The van der Waals surface area contributed by atoms with Crippen LogP contribution in [-0.2, 0) is 10.4 Å². The zero-order chi connectivity index (χ0) is 17.9. The van der Waals surface area contributed by atoms with E-state index < -0.39 is 11.6 Å². The summed E-state index contributed by atoms with van der Waals surface area (Å²) in [6.07, 6.45) is -0.441. The van der Waals surface area contributed by atoms with E-state index in [0.717, 1.165) is 27.6 Å². The number of carbonyl (C=O) groups is 1. The van der Waals surface area contributed by atoms with E-state index in [9.17, 15) is 9.90 Å². The molecule has 5 rings (SSSR count). The first-order valence-corrected chi connectivity index (χ1v) is 8.89. The summed E-state index contributed by atoms with van der Waals surface area (Å²) in [6, 6.07) is 21.6. The minimum absolute atomic E-state index is 0.0385. The molecule has 1 unspecified atom stereocenters. The van der Waals surface area contributed by atoms with Crippen molar-refractivity contribution in [2.24, 2.45) is 5.92 Å². The van der Waals surface area contributed by atoms with Crippen LogP contribution in [0.5, 0.6) is 0 Å². The molecule has 4 heteroatoms. The molecule has 1 aliphatic carbocycles. The Balaban J connectivity index is 1.83. The number of aliphatic hydroxyl groups excluding tert-OH is 1. The summed E-state index contributed by atoms with van der Waals surface area (Å²) < 4.78 is 0. The van der Waals surface area contributed by atoms with Crippen LogP contribution in [0.3, 0.4) is 0 Å². The highest BCUT2D eigenvalue weighted by Crippen LogP contribution is 2.55. The number of Topliss-reactive ketones (excluding diaryl/α,β-unsaturated/α-hetero) is 1. The van der Waals surface area contributed by atoms with Crippen molar-refractivity contribution in [2.45, 2.75) is 18.6 Å². The van der Waals surface area contributed by atoms with Gasteiger partial charge in [-0.2, -0.15) is 0 Å². The number of benzene rings is 3. The molecule has 0 radical (unpaired) electrons. The average molecular weight is 345 g/mol. The molecule has 0 aromatic heterocycles. The first-order chi connectivity index (χ1) is 12.7. The first-order valence-electron chi connectivity index (χ1n) is 8.89. The highest BCUT2D eigenvalue weighted by molar-refractivity contribution is 6.21. The fourth-order valence-electron chi connectivity index (χ4n) is 4.61.